The van der Waals surface area contributed by atoms with Crippen LogP contribution in [0.15, 0.2) is 10.9 Å². The number of ether oxygens (including phenoxy) is 1. The second kappa shape index (κ2) is 6.64. The normalized spacial score (nSPS) is 22.6. The van der Waals surface area contributed by atoms with Crippen molar-refractivity contribution in [2.24, 2.45) is 0 Å². The van der Waals surface area contributed by atoms with Gasteiger partial charge in [-0.1, -0.05) is 4.49 Å². The van der Waals surface area contributed by atoms with Gasteiger partial charge in [0, 0.05) is 6.07 Å². The Balaban J connectivity index is 1.58. The molecule has 2 unspecified atom stereocenters. The van der Waals surface area contributed by atoms with Gasteiger partial charge in [-0.2, -0.15) is 5.10 Å². The number of amides is 1. The molecule has 9 heteroatoms. The fourth-order valence-corrected chi connectivity index (χ4v) is 3.97. The van der Waals surface area contributed by atoms with Gasteiger partial charge in [0.15, 0.2) is 0 Å². The minimum Gasteiger partial charge on any atom is -0.377 e. The van der Waals surface area contributed by atoms with Gasteiger partial charge in [-0.3, -0.25) is 9.59 Å². The molecule has 1 fully saturated rings. The van der Waals surface area contributed by atoms with Crippen molar-refractivity contribution in [1.29, 1.82) is 0 Å². The van der Waals surface area contributed by atoms with Crippen LogP contribution in [0.25, 0.3) is 0 Å². The molecule has 4 rings (SSSR count). The number of aromatic nitrogens is 4. The molecule has 1 saturated heterocycles. The lowest BCUT2D eigenvalue weighted by Gasteiger charge is -2.22. The highest BCUT2D eigenvalue weighted by atomic mass is 32.1. The van der Waals surface area contributed by atoms with E-state index >= 15 is 0 Å². The second-order valence-electron chi connectivity index (χ2n) is 6.48. The lowest BCUT2D eigenvalue weighted by atomic mass is 9.97. The minimum absolute atomic E-state index is 0.133. The van der Waals surface area contributed by atoms with E-state index in [4.69, 9.17) is 4.74 Å². The molecule has 2 aliphatic rings. The van der Waals surface area contributed by atoms with Crippen molar-refractivity contribution in [1.82, 2.24) is 24.7 Å². The first kappa shape index (κ1) is 16.3. The summed E-state index contributed by atoms with van der Waals surface area (Å²) >= 11 is 1.06. The molecule has 0 radical (unpaired) electrons. The van der Waals surface area contributed by atoms with E-state index in [1.54, 1.807) is 13.0 Å². The van der Waals surface area contributed by atoms with Crippen molar-refractivity contribution in [2.75, 3.05) is 13.2 Å². The van der Waals surface area contributed by atoms with E-state index in [9.17, 15) is 9.59 Å². The molecular weight excluding hydrogens is 342 g/mol. The molecule has 2 atom stereocenters. The number of aryl methyl sites for hydroxylation is 3. The summed E-state index contributed by atoms with van der Waals surface area (Å²) in [5.41, 5.74) is 2.51. The molecule has 0 aromatic carbocycles. The SMILES string of the molecule is Cc1nnsc1C(=O)NC1COCC1n1nc2c(cc1=O)CCCC2. The van der Waals surface area contributed by atoms with Crippen molar-refractivity contribution in [3.05, 3.63) is 38.2 Å². The van der Waals surface area contributed by atoms with Gasteiger partial charge in [0.2, 0.25) is 0 Å². The van der Waals surface area contributed by atoms with E-state index in [1.807, 2.05) is 0 Å². The summed E-state index contributed by atoms with van der Waals surface area (Å²) in [5, 5.41) is 11.4. The zero-order valence-electron chi connectivity index (χ0n) is 13.9. The van der Waals surface area contributed by atoms with Gasteiger partial charge in [0.1, 0.15) is 10.9 Å². The third kappa shape index (κ3) is 3.09. The highest BCUT2D eigenvalue weighted by Crippen LogP contribution is 2.22. The van der Waals surface area contributed by atoms with Crippen LogP contribution in [0.5, 0.6) is 0 Å². The Hall–Kier alpha value is -2.13. The van der Waals surface area contributed by atoms with E-state index < -0.39 is 0 Å². The highest BCUT2D eigenvalue weighted by molar-refractivity contribution is 7.08. The first-order valence-electron chi connectivity index (χ1n) is 8.42. The average Bonchev–Trinajstić information content (AvgIpc) is 3.23. The van der Waals surface area contributed by atoms with Crippen molar-refractivity contribution in [3.8, 4) is 0 Å². The molecule has 1 amide bonds. The number of rotatable bonds is 3. The fourth-order valence-electron chi connectivity index (χ4n) is 3.41. The van der Waals surface area contributed by atoms with E-state index in [1.165, 1.54) is 4.68 Å². The van der Waals surface area contributed by atoms with Gasteiger partial charge >= 0.3 is 0 Å². The van der Waals surface area contributed by atoms with Gasteiger partial charge in [-0.05, 0) is 49.7 Å². The third-order valence-electron chi connectivity index (χ3n) is 4.77. The van der Waals surface area contributed by atoms with Crippen molar-refractivity contribution >= 4 is 17.4 Å². The summed E-state index contributed by atoms with van der Waals surface area (Å²) in [4.78, 5) is 25.4. The van der Waals surface area contributed by atoms with Crippen molar-refractivity contribution < 1.29 is 9.53 Å². The number of fused-ring (bicyclic) bond motifs is 1. The monoisotopic (exact) mass is 361 g/mol. The van der Waals surface area contributed by atoms with Crippen LogP contribution in [0.1, 0.15) is 45.5 Å². The minimum atomic E-state index is -0.305. The van der Waals surface area contributed by atoms with Crippen LogP contribution in [0.3, 0.4) is 0 Å². The number of carbonyl (C=O) groups is 1. The molecule has 1 aliphatic heterocycles. The average molecular weight is 361 g/mol. The molecule has 0 bridgehead atoms. The van der Waals surface area contributed by atoms with Crippen molar-refractivity contribution in [3.63, 3.8) is 0 Å². The van der Waals surface area contributed by atoms with E-state index in [0.717, 1.165) is 48.5 Å². The standard InChI is InChI=1S/C16H19N5O3S/c1-9-15(25-20-18-9)16(23)17-12-7-24-8-13(12)21-14(22)6-10-4-2-3-5-11(10)19-21/h6,12-13H,2-5,7-8H2,1H3,(H,17,23). The summed E-state index contributed by atoms with van der Waals surface area (Å²) in [6.45, 7) is 2.46. The lowest BCUT2D eigenvalue weighted by Crippen LogP contribution is -2.44. The molecule has 1 N–H and O–H groups in total. The Labute approximate surface area is 148 Å². The van der Waals surface area contributed by atoms with Crippen molar-refractivity contribution in [2.45, 2.75) is 44.7 Å². The summed E-state index contributed by atoms with van der Waals surface area (Å²) in [5.74, 6) is -0.237. The molecule has 1 aliphatic carbocycles. The molecule has 0 spiro atoms. The van der Waals surface area contributed by atoms with Gasteiger partial charge in [0.25, 0.3) is 11.5 Å². The summed E-state index contributed by atoms with van der Waals surface area (Å²) in [6.07, 6.45) is 4.01. The van der Waals surface area contributed by atoms with Crippen LogP contribution in [-0.4, -0.2) is 44.5 Å². The topological polar surface area (TPSA) is 99.0 Å². The highest BCUT2D eigenvalue weighted by Gasteiger charge is 2.34. The Morgan fingerprint density at radius 2 is 2.20 bits per heavy atom. The molecule has 2 aromatic heterocycles. The molecule has 8 nitrogen and oxygen atoms in total. The summed E-state index contributed by atoms with van der Waals surface area (Å²) < 4.78 is 10.8. The number of hydrogen-bond acceptors (Lipinski definition) is 7. The first-order valence-corrected chi connectivity index (χ1v) is 9.20. The fraction of sp³-hybridized carbons (Fsp3) is 0.562. The van der Waals surface area contributed by atoms with E-state index in [2.05, 4.69) is 20.0 Å². The zero-order valence-corrected chi connectivity index (χ0v) is 14.7. The Bertz CT molecular complexity index is 862. The Morgan fingerprint density at radius 1 is 1.36 bits per heavy atom. The van der Waals surface area contributed by atoms with E-state index in [0.29, 0.717) is 23.8 Å². The zero-order chi connectivity index (χ0) is 17.4. The van der Waals surface area contributed by atoms with Crippen LogP contribution >= 0.6 is 11.5 Å². The van der Waals surface area contributed by atoms with Crippen LogP contribution in [0.4, 0.5) is 0 Å². The maximum atomic E-state index is 12.5. The predicted molar refractivity (Wildman–Crippen MR) is 90.9 cm³/mol. The quantitative estimate of drug-likeness (QED) is 0.862. The molecular formula is C16H19N5O3S. The van der Waals surface area contributed by atoms with Gasteiger partial charge < -0.3 is 10.1 Å². The van der Waals surface area contributed by atoms with Crippen LogP contribution in [0.2, 0.25) is 0 Å². The second-order valence-corrected chi connectivity index (χ2v) is 7.23. The van der Waals surface area contributed by atoms with Crippen LogP contribution in [-0.2, 0) is 17.6 Å². The molecule has 0 saturated carbocycles. The molecule has 2 aromatic rings. The largest absolute Gasteiger partial charge is 0.377 e. The summed E-state index contributed by atoms with van der Waals surface area (Å²) in [7, 11) is 0. The summed E-state index contributed by atoms with van der Waals surface area (Å²) in [6, 6.07) is 1.08. The first-order chi connectivity index (χ1) is 12.1. The molecule has 25 heavy (non-hydrogen) atoms. The maximum Gasteiger partial charge on any atom is 0.267 e. The number of hydrogen-bond donors (Lipinski definition) is 1. The van der Waals surface area contributed by atoms with Crippen LogP contribution < -0.4 is 10.9 Å². The predicted octanol–water partition coefficient (Wildman–Crippen LogP) is 0.652. The number of nitrogens with one attached hydrogen (secondary N) is 1. The maximum absolute atomic E-state index is 12.5. The van der Waals surface area contributed by atoms with Gasteiger partial charge in [0.05, 0.1) is 30.6 Å². The van der Waals surface area contributed by atoms with E-state index in [-0.39, 0.29) is 23.6 Å². The Kier molecular flexibility index (Phi) is 4.34. The third-order valence-corrected chi connectivity index (χ3v) is 5.60. The number of nitrogens with zero attached hydrogens (tertiary/aromatic N) is 4. The molecule has 3 heterocycles. The molecule has 132 valence electrons. The lowest BCUT2D eigenvalue weighted by molar-refractivity contribution is 0.0928. The number of carbonyl (C=O) groups excluding carboxylic acids is 1. The van der Waals surface area contributed by atoms with Gasteiger partial charge in [-0.25, -0.2) is 4.68 Å². The Morgan fingerprint density at radius 3 is 3.00 bits per heavy atom. The smallest absolute Gasteiger partial charge is 0.267 e. The van der Waals surface area contributed by atoms with Crippen LogP contribution in [0, 0.1) is 6.92 Å². The van der Waals surface area contributed by atoms with Gasteiger partial charge in [-0.15, -0.1) is 5.10 Å².